The molecular formula is C32H40ClF3N8O3. The average molecular weight is 677 g/mol. The van der Waals surface area contributed by atoms with Crippen LogP contribution in [0.4, 0.5) is 23.7 Å². The van der Waals surface area contributed by atoms with Crippen LogP contribution in [-0.2, 0) is 17.4 Å². The van der Waals surface area contributed by atoms with Crippen LogP contribution < -0.4 is 22.1 Å². The van der Waals surface area contributed by atoms with Gasteiger partial charge >= 0.3 is 17.9 Å². The van der Waals surface area contributed by atoms with Crippen LogP contribution >= 0.6 is 11.6 Å². The van der Waals surface area contributed by atoms with Crippen molar-refractivity contribution < 1.29 is 22.8 Å². The van der Waals surface area contributed by atoms with E-state index in [1.54, 1.807) is 14.4 Å². The summed E-state index contributed by atoms with van der Waals surface area (Å²) in [5, 5.41) is 5.92. The third-order valence-electron chi connectivity index (χ3n) is 9.72. The standard InChI is InChI=1S/C32H40ClF3N8O3/c33-24-18-20(17-23(28(24)37)32(34,35)36)19-26(29(45)42-11-5-21(6-12-42)41-15-9-38-10-16-41)40-30(46)43-13-7-22(8-14-43)44-27-4-2-1-3-25(27)39-31(44)47/h1-4,17-18,21-22,26,38H,5-16,19,37H2,(H,39,47)(H,40,46)/t26-/m1/s1. The van der Waals surface area contributed by atoms with Crippen LogP contribution in [0.25, 0.3) is 11.0 Å². The fourth-order valence-corrected chi connectivity index (χ4v) is 7.43. The van der Waals surface area contributed by atoms with Crippen LogP contribution in [-0.4, -0.2) is 101 Å². The number of halogens is 4. The van der Waals surface area contributed by atoms with Crippen molar-refractivity contribution in [3.05, 3.63) is 63.0 Å². The van der Waals surface area contributed by atoms with Crippen molar-refractivity contribution in [1.29, 1.82) is 0 Å². The number of carbonyl (C=O) groups is 2. The first kappa shape index (κ1) is 33.2. The number of H-pyrrole nitrogens is 1. The number of nitrogen functional groups attached to an aromatic ring is 1. The van der Waals surface area contributed by atoms with Crippen LogP contribution in [0.15, 0.2) is 41.2 Å². The highest BCUT2D eigenvalue weighted by Crippen LogP contribution is 2.38. The van der Waals surface area contributed by atoms with E-state index in [4.69, 9.17) is 17.3 Å². The quantitative estimate of drug-likeness (QED) is 0.296. The van der Waals surface area contributed by atoms with Gasteiger partial charge in [0.15, 0.2) is 0 Å². The number of fused-ring (bicyclic) bond motifs is 1. The summed E-state index contributed by atoms with van der Waals surface area (Å²) in [5.41, 5.74) is 5.46. The third kappa shape index (κ3) is 7.24. The lowest BCUT2D eigenvalue weighted by molar-refractivity contribution is -0.137. The number of hydrogen-bond donors (Lipinski definition) is 4. The van der Waals surface area contributed by atoms with Gasteiger partial charge in [-0.2, -0.15) is 13.2 Å². The summed E-state index contributed by atoms with van der Waals surface area (Å²) in [5.74, 6) is -0.348. The molecule has 3 aliphatic rings. The molecule has 0 radical (unpaired) electrons. The molecule has 3 amide bonds. The van der Waals surface area contributed by atoms with Gasteiger partial charge in [-0.05, 0) is 55.5 Å². The second kappa shape index (κ2) is 13.8. The Morgan fingerprint density at radius 1 is 0.957 bits per heavy atom. The van der Waals surface area contributed by atoms with Gasteiger partial charge in [0.25, 0.3) is 0 Å². The fraction of sp³-hybridized carbons (Fsp3) is 0.531. The maximum Gasteiger partial charge on any atom is 0.418 e. The van der Waals surface area contributed by atoms with E-state index < -0.39 is 29.5 Å². The first-order chi connectivity index (χ1) is 22.5. The minimum atomic E-state index is -4.74. The topological polar surface area (TPSA) is 132 Å². The smallest absolute Gasteiger partial charge is 0.397 e. The minimum absolute atomic E-state index is 0.116. The van der Waals surface area contributed by atoms with Gasteiger partial charge in [-0.1, -0.05) is 23.7 Å². The third-order valence-corrected chi connectivity index (χ3v) is 10.0. The van der Waals surface area contributed by atoms with E-state index >= 15 is 0 Å². The maximum absolute atomic E-state index is 14.0. The van der Waals surface area contributed by atoms with Crippen molar-refractivity contribution in [2.45, 2.75) is 56.4 Å². The molecule has 3 fully saturated rings. The second-order valence-corrected chi connectivity index (χ2v) is 13.0. The monoisotopic (exact) mass is 676 g/mol. The largest absolute Gasteiger partial charge is 0.418 e. The van der Waals surface area contributed by atoms with Crippen molar-refractivity contribution in [3.63, 3.8) is 0 Å². The Hall–Kier alpha value is -3.75. The number of nitrogens with one attached hydrogen (secondary N) is 3. The predicted molar refractivity (Wildman–Crippen MR) is 173 cm³/mol. The highest BCUT2D eigenvalue weighted by molar-refractivity contribution is 6.33. The molecule has 1 atom stereocenters. The van der Waals surface area contributed by atoms with Crippen molar-refractivity contribution in [3.8, 4) is 0 Å². The number of para-hydroxylation sites is 2. The highest BCUT2D eigenvalue weighted by Gasteiger charge is 2.37. The number of urea groups is 1. The van der Waals surface area contributed by atoms with Crippen molar-refractivity contribution in [2.75, 3.05) is 58.1 Å². The molecule has 0 aliphatic carbocycles. The van der Waals surface area contributed by atoms with E-state index in [0.717, 1.165) is 56.1 Å². The second-order valence-electron chi connectivity index (χ2n) is 12.6. The van der Waals surface area contributed by atoms with E-state index in [1.807, 2.05) is 24.3 Å². The highest BCUT2D eigenvalue weighted by atomic mass is 35.5. The van der Waals surface area contributed by atoms with Crippen molar-refractivity contribution in [2.24, 2.45) is 0 Å². The number of piperidine rings is 2. The molecule has 3 saturated heterocycles. The molecule has 15 heteroatoms. The first-order valence-electron chi connectivity index (χ1n) is 16.1. The number of nitrogens with two attached hydrogens (primary N) is 1. The number of rotatable bonds is 6. The number of nitrogens with zero attached hydrogens (tertiary/aromatic N) is 4. The summed E-state index contributed by atoms with van der Waals surface area (Å²) >= 11 is 6.11. The van der Waals surface area contributed by atoms with Gasteiger partial charge in [0.1, 0.15) is 6.04 Å². The molecule has 3 aromatic rings. The lowest BCUT2D eigenvalue weighted by Crippen LogP contribution is -2.57. The summed E-state index contributed by atoms with van der Waals surface area (Å²) in [6, 6.07) is 8.29. The first-order valence-corrected chi connectivity index (χ1v) is 16.5. The van der Waals surface area contributed by atoms with Gasteiger partial charge in [-0.15, -0.1) is 0 Å². The van der Waals surface area contributed by atoms with Gasteiger partial charge < -0.3 is 31.2 Å². The molecular weight excluding hydrogens is 637 g/mol. The van der Waals surface area contributed by atoms with E-state index in [2.05, 4.69) is 20.5 Å². The number of piperazine rings is 1. The SMILES string of the molecule is Nc1c(Cl)cc(C[C@@H](NC(=O)N2CCC(n3c(=O)[nH]c4ccccc43)CC2)C(=O)N2CCC(N3CCNCC3)CC2)cc1C(F)(F)F. The molecule has 1 aromatic heterocycles. The summed E-state index contributed by atoms with van der Waals surface area (Å²) in [6.07, 6.45) is -2.33. The van der Waals surface area contributed by atoms with Gasteiger partial charge in [-0.3, -0.25) is 14.3 Å². The number of benzene rings is 2. The number of hydrogen-bond acceptors (Lipinski definition) is 6. The Morgan fingerprint density at radius 2 is 1.60 bits per heavy atom. The number of amides is 3. The Balaban J connectivity index is 1.16. The Morgan fingerprint density at radius 3 is 2.28 bits per heavy atom. The minimum Gasteiger partial charge on any atom is -0.397 e. The van der Waals surface area contributed by atoms with E-state index in [-0.39, 0.29) is 34.6 Å². The van der Waals surface area contributed by atoms with Crippen molar-refractivity contribution >= 4 is 40.3 Å². The molecule has 0 bridgehead atoms. The molecule has 254 valence electrons. The molecule has 11 nitrogen and oxygen atoms in total. The van der Waals surface area contributed by atoms with Crippen LogP contribution in [0.3, 0.4) is 0 Å². The summed E-state index contributed by atoms with van der Waals surface area (Å²) < 4.78 is 43.0. The fourth-order valence-electron chi connectivity index (χ4n) is 7.19. The lowest BCUT2D eigenvalue weighted by Gasteiger charge is -2.41. The van der Waals surface area contributed by atoms with Crippen LogP contribution in [0, 0.1) is 0 Å². The summed E-state index contributed by atoms with van der Waals surface area (Å²) in [7, 11) is 0. The van der Waals surface area contributed by atoms with Crippen molar-refractivity contribution in [1.82, 2.24) is 34.9 Å². The Labute approximate surface area is 275 Å². The van der Waals surface area contributed by atoms with Crippen LogP contribution in [0.1, 0.15) is 42.9 Å². The molecule has 0 spiro atoms. The number of imidazole rings is 1. The Bertz CT molecular complexity index is 1660. The number of anilines is 1. The number of aromatic amines is 1. The maximum atomic E-state index is 14.0. The number of aromatic nitrogens is 2. The van der Waals surface area contributed by atoms with Crippen LogP contribution in [0.5, 0.6) is 0 Å². The molecule has 3 aliphatic heterocycles. The van der Waals surface area contributed by atoms with E-state index in [9.17, 15) is 27.6 Å². The normalized spacial score (nSPS) is 19.7. The molecule has 6 rings (SSSR count). The molecule has 2 aromatic carbocycles. The predicted octanol–water partition coefficient (Wildman–Crippen LogP) is 3.44. The van der Waals surface area contributed by atoms with Crippen LogP contribution in [0.2, 0.25) is 5.02 Å². The van der Waals surface area contributed by atoms with Gasteiger partial charge in [-0.25, -0.2) is 9.59 Å². The number of carbonyl (C=O) groups excluding carboxylic acids is 2. The van der Waals surface area contributed by atoms with Gasteiger partial charge in [0, 0.05) is 70.9 Å². The molecule has 4 heterocycles. The summed E-state index contributed by atoms with van der Waals surface area (Å²) in [6.45, 7) is 5.39. The number of likely N-dealkylation sites (tertiary alicyclic amines) is 2. The molecule has 47 heavy (non-hydrogen) atoms. The van der Waals surface area contributed by atoms with Gasteiger partial charge in [0.2, 0.25) is 5.91 Å². The van der Waals surface area contributed by atoms with E-state index in [1.165, 1.54) is 6.07 Å². The van der Waals surface area contributed by atoms with E-state index in [0.29, 0.717) is 45.1 Å². The molecule has 0 unspecified atom stereocenters. The summed E-state index contributed by atoms with van der Waals surface area (Å²) in [4.78, 5) is 48.9. The number of alkyl halides is 3. The van der Waals surface area contributed by atoms with Gasteiger partial charge in [0.05, 0.1) is 27.3 Å². The zero-order valence-electron chi connectivity index (χ0n) is 26.0. The molecule has 5 N–H and O–H groups in total. The lowest BCUT2D eigenvalue weighted by atomic mass is 9.98. The zero-order valence-corrected chi connectivity index (χ0v) is 26.7. The Kier molecular flexibility index (Phi) is 9.72. The zero-order chi connectivity index (χ0) is 33.3. The average Bonchev–Trinajstić information content (AvgIpc) is 3.41. The molecule has 0 saturated carbocycles.